The first-order valence-corrected chi connectivity index (χ1v) is 8.87. The minimum Gasteiger partial charge on any atom is -0.497 e. The van der Waals surface area contributed by atoms with Gasteiger partial charge in [0.1, 0.15) is 5.75 Å². The molecule has 0 spiro atoms. The fraction of sp³-hybridized carbons (Fsp3) is 0.278. The van der Waals surface area contributed by atoms with E-state index in [0.717, 1.165) is 27.7 Å². The molecule has 0 heterocycles. The molecular formula is C18H20ClNO2S. The highest BCUT2D eigenvalue weighted by Gasteiger charge is 2.09. The number of halogens is 1. The number of hydrogen-bond donors (Lipinski definition) is 1. The van der Waals surface area contributed by atoms with Crippen molar-refractivity contribution < 1.29 is 9.53 Å². The molecule has 1 amide bonds. The van der Waals surface area contributed by atoms with Crippen molar-refractivity contribution in [3.63, 3.8) is 0 Å². The van der Waals surface area contributed by atoms with Gasteiger partial charge in [0.15, 0.2) is 0 Å². The first-order valence-electron chi connectivity index (χ1n) is 7.34. The number of methoxy groups -OCH3 is 1. The number of ether oxygens (including phenoxy) is 1. The predicted molar refractivity (Wildman–Crippen MR) is 97.2 cm³/mol. The molecule has 0 radical (unpaired) electrons. The Kier molecular flexibility index (Phi) is 6.81. The molecule has 0 aliphatic rings. The van der Waals surface area contributed by atoms with Gasteiger partial charge < -0.3 is 10.1 Å². The summed E-state index contributed by atoms with van der Waals surface area (Å²) < 4.78 is 5.13. The van der Waals surface area contributed by atoms with E-state index >= 15 is 0 Å². The van der Waals surface area contributed by atoms with Crippen molar-refractivity contribution in [3.8, 4) is 5.75 Å². The Hall–Kier alpha value is -1.65. The SMILES string of the molecule is COc1ccc([C@H](C)NC(=O)CSCc2ccc(Cl)cc2)cc1. The zero-order valence-corrected chi connectivity index (χ0v) is 14.8. The van der Waals surface area contributed by atoms with Gasteiger partial charge in [-0.05, 0) is 42.3 Å². The lowest BCUT2D eigenvalue weighted by atomic mass is 10.1. The Labute approximate surface area is 146 Å². The number of nitrogens with one attached hydrogen (secondary N) is 1. The largest absolute Gasteiger partial charge is 0.497 e. The normalized spacial score (nSPS) is 11.8. The first-order chi connectivity index (χ1) is 11.1. The second kappa shape index (κ2) is 8.85. The Balaban J connectivity index is 1.76. The molecule has 0 aliphatic carbocycles. The average molecular weight is 350 g/mol. The van der Waals surface area contributed by atoms with E-state index in [-0.39, 0.29) is 11.9 Å². The minimum absolute atomic E-state index is 0.0236. The van der Waals surface area contributed by atoms with Gasteiger partial charge in [-0.2, -0.15) is 0 Å². The Morgan fingerprint density at radius 2 is 1.83 bits per heavy atom. The van der Waals surface area contributed by atoms with Crippen LogP contribution in [-0.4, -0.2) is 18.8 Å². The Morgan fingerprint density at radius 1 is 1.17 bits per heavy atom. The number of hydrogen-bond acceptors (Lipinski definition) is 3. The van der Waals surface area contributed by atoms with E-state index in [1.165, 1.54) is 0 Å². The molecule has 0 saturated heterocycles. The Bertz CT molecular complexity index is 628. The van der Waals surface area contributed by atoms with Gasteiger partial charge in [-0.1, -0.05) is 35.9 Å². The van der Waals surface area contributed by atoms with Crippen LogP contribution in [0.5, 0.6) is 5.75 Å². The molecule has 1 atom stereocenters. The summed E-state index contributed by atoms with van der Waals surface area (Å²) in [7, 11) is 1.64. The first kappa shape index (κ1) is 17.7. The summed E-state index contributed by atoms with van der Waals surface area (Å²) in [6.07, 6.45) is 0. The summed E-state index contributed by atoms with van der Waals surface area (Å²) in [4.78, 5) is 12.0. The summed E-state index contributed by atoms with van der Waals surface area (Å²) in [6.45, 7) is 1.98. The molecule has 0 saturated carbocycles. The van der Waals surface area contributed by atoms with Crippen LogP contribution >= 0.6 is 23.4 Å². The van der Waals surface area contributed by atoms with Crippen molar-refractivity contribution in [3.05, 3.63) is 64.7 Å². The average Bonchev–Trinajstić information content (AvgIpc) is 2.56. The Morgan fingerprint density at radius 3 is 2.43 bits per heavy atom. The van der Waals surface area contributed by atoms with Crippen LogP contribution in [0.2, 0.25) is 5.02 Å². The predicted octanol–water partition coefficient (Wildman–Crippen LogP) is 4.46. The van der Waals surface area contributed by atoms with Crippen LogP contribution in [0.1, 0.15) is 24.1 Å². The monoisotopic (exact) mass is 349 g/mol. The smallest absolute Gasteiger partial charge is 0.230 e. The number of thioether (sulfide) groups is 1. The molecule has 2 aromatic rings. The van der Waals surface area contributed by atoms with Gasteiger partial charge in [-0.3, -0.25) is 4.79 Å². The van der Waals surface area contributed by atoms with Crippen LogP contribution in [0.4, 0.5) is 0 Å². The minimum atomic E-state index is -0.0236. The third-order valence-corrected chi connectivity index (χ3v) is 4.66. The summed E-state index contributed by atoms with van der Waals surface area (Å²) in [5, 5.41) is 3.73. The number of carbonyl (C=O) groups is 1. The molecule has 3 nitrogen and oxygen atoms in total. The zero-order valence-electron chi connectivity index (χ0n) is 13.2. The maximum Gasteiger partial charge on any atom is 0.230 e. The maximum atomic E-state index is 12.0. The van der Waals surface area contributed by atoms with Crippen molar-refractivity contribution in [2.24, 2.45) is 0 Å². The fourth-order valence-corrected chi connectivity index (χ4v) is 3.03. The second-order valence-electron chi connectivity index (χ2n) is 5.18. The number of carbonyl (C=O) groups excluding carboxylic acids is 1. The fourth-order valence-electron chi connectivity index (χ4n) is 2.10. The topological polar surface area (TPSA) is 38.3 Å². The molecule has 0 fully saturated rings. The van der Waals surface area contributed by atoms with E-state index in [2.05, 4.69) is 5.32 Å². The summed E-state index contributed by atoms with van der Waals surface area (Å²) in [5.41, 5.74) is 2.22. The highest BCUT2D eigenvalue weighted by Crippen LogP contribution is 2.18. The van der Waals surface area contributed by atoms with Gasteiger partial charge >= 0.3 is 0 Å². The van der Waals surface area contributed by atoms with Crippen LogP contribution in [0.25, 0.3) is 0 Å². The summed E-state index contributed by atoms with van der Waals surface area (Å²) in [5.74, 6) is 2.07. The lowest BCUT2D eigenvalue weighted by Crippen LogP contribution is -2.28. The highest BCUT2D eigenvalue weighted by atomic mass is 35.5. The van der Waals surface area contributed by atoms with E-state index in [4.69, 9.17) is 16.3 Å². The molecule has 2 aromatic carbocycles. The molecule has 0 aliphatic heterocycles. The number of rotatable bonds is 7. The van der Waals surface area contributed by atoms with E-state index < -0.39 is 0 Å². The highest BCUT2D eigenvalue weighted by molar-refractivity contribution is 7.99. The second-order valence-corrected chi connectivity index (χ2v) is 6.60. The van der Waals surface area contributed by atoms with Gasteiger partial charge in [0.25, 0.3) is 0 Å². The molecule has 1 N–H and O–H groups in total. The van der Waals surface area contributed by atoms with Crippen LogP contribution < -0.4 is 10.1 Å². The maximum absolute atomic E-state index is 12.0. The van der Waals surface area contributed by atoms with Gasteiger partial charge in [0.05, 0.1) is 18.9 Å². The summed E-state index contributed by atoms with van der Waals surface area (Å²) in [6, 6.07) is 15.4. The molecular weight excluding hydrogens is 330 g/mol. The lowest BCUT2D eigenvalue weighted by molar-refractivity contribution is -0.119. The van der Waals surface area contributed by atoms with Crippen molar-refractivity contribution >= 4 is 29.3 Å². The van der Waals surface area contributed by atoms with E-state index in [9.17, 15) is 4.79 Å². The quantitative estimate of drug-likeness (QED) is 0.802. The van der Waals surface area contributed by atoms with E-state index in [1.807, 2.05) is 55.5 Å². The van der Waals surface area contributed by atoms with Crippen molar-refractivity contribution in [1.82, 2.24) is 5.32 Å². The molecule has 0 bridgehead atoms. The van der Waals surface area contributed by atoms with Crippen molar-refractivity contribution in [2.45, 2.75) is 18.7 Å². The molecule has 0 unspecified atom stereocenters. The van der Waals surface area contributed by atoms with Gasteiger partial charge in [0.2, 0.25) is 5.91 Å². The molecule has 122 valence electrons. The van der Waals surface area contributed by atoms with Crippen molar-refractivity contribution in [2.75, 3.05) is 12.9 Å². The van der Waals surface area contributed by atoms with E-state index in [0.29, 0.717) is 5.75 Å². The molecule has 2 rings (SSSR count). The molecule has 23 heavy (non-hydrogen) atoms. The van der Waals surface area contributed by atoms with Crippen LogP contribution in [0, 0.1) is 0 Å². The van der Waals surface area contributed by atoms with Gasteiger partial charge in [0, 0.05) is 10.8 Å². The number of benzene rings is 2. The van der Waals surface area contributed by atoms with Gasteiger partial charge in [-0.25, -0.2) is 0 Å². The van der Waals surface area contributed by atoms with Crippen molar-refractivity contribution in [1.29, 1.82) is 0 Å². The summed E-state index contributed by atoms with van der Waals surface area (Å²) >= 11 is 7.44. The number of amides is 1. The molecule has 5 heteroatoms. The van der Waals surface area contributed by atoms with Crippen LogP contribution in [0.15, 0.2) is 48.5 Å². The molecule has 0 aromatic heterocycles. The third-order valence-electron chi connectivity index (χ3n) is 3.41. The zero-order chi connectivity index (χ0) is 16.7. The van der Waals surface area contributed by atoms with Crippen LogP contribution in [0.3, 0.4) is 0 Å². The van der Waals surface area contributed by atoms with Crippen LogP contribution in [-0.2, 0) is 10.5 Å². The van der Waals surface area contributed by atoms with Gasteiger partial charge in [-0.15, -0.1) is 11.8 Å². The lowest BCUT2D eigenvalue weighted by Gasteiger charge is -2.14. The van der Waals surface area contributed by atoms with E-state index in [1.54, 1.807) is 18.9 Å². The standard InChI is InChI=1S/C18H20ClNO2S/c1-13(15-5-9-17(22-2)10-6-15)20-18(21)12-23-11-14-3-7-16(19)8-4-14/h3-10,13H,11-12H2,1-2H3,(H,20,21)/t13-/m0/s1. The third kappa shape index (κ3) is 5.81.